The van der Waals surface area contributed by atoms with E-state index in [1.165, 1.54) is 7.11 Å². The minimum absolute atomic E-state index is 0.138. The molecule has 4 heteroatoms. The number of carbonyl (C=O) groups is 1. The first kappa shape index (κ1) is 15.2. The van der Waals surface area contributed by atoms with Gasteiger partial charge in [-0.25, -0.2) is 0 Å². The molecule has 1 unspecified atom stereocenters. The lowest BCUT2D eigenvalue weighted by atomic mass is 10.2. The Morgan fingerprint density at radius 2 is 2.00 bits per heavy atom. The van der Waals surface area contributed by atoms with Gasteiger partial charge in [-0.3, -0.25) is 4.79 Å². The number of nitrogens with one attached hydrogen (secondary N) is 1. The maximum absolute atomic E-state index is 11.8. The summed E-state index contributed by atoms with van der Waals surface area (Å²) in [6.07, 6.45) is 0.224. The minimum Gasteiger partial charge on any atom is -0.489 e. The molecule has 1 aromatic carbocycles. The van der Waals surface area contributed by atoms with Crippen molar-refractivity contribution < 1.29 is 14.3 Å². The molecule has 104 valence electrons. The van der Waals surface area contributed by atoms with Crippen molar-refractivity contribution in [3.8, 4) is 5.75 Å². The van der Waals surface area contributed by atoms with E-state index < -0.39 is 6.10 Å². The predicted octanol–water partition coefficient (Wildman–Crippen LogP) is 3.01. The van der Waals surface area contributed by atoms with Gasteiger partial charge in [0.25, 0.3) is 5.91 Å². The average Bonchev–Trinajstić information content (AvgIpc) is 2.39. The van der Waals surface area contributed by atoms with Gasteiger partial charge in [0.15, 0.2) is 0 Å². The zero-order valence-corrected chi connectivity index (χ0v) is 11.7. The number of ether oxygens (including phenoxy) is 2. The van der Waals surface area contributed by atoms with Gasteiger partial charge in [0.1, 0.15) is 18.5 Å². The van der Waals surface area contributed by atoms with Crippen LogP contribution in [0.2, 0.25) is 0 Å². The molecule has 0 aliphatic heterocycles. The molecule has 1 amide bonds. The van der Waals surface area contributed by atoms with Gasteiger partial charge in [-0.15, -0.1) is 0 Å². The molecule has 0 saturated carbocycles. The topological polar surface area (TPSA) is 47.6 Å². The van der Waals surface area contributed by atoms with Crippen molar-refractivity contribution >= 4 is 11.6 Å². The molecule has 19 heavy (non-hydrogen) atoms. The highest BCUT2D eigenvalue weighted by atomic mass is 16.5. The second kappa shape index (κ2) is 7.59. The van der Waals surface area contributed by atoms with E-state index in [1.54, 1.807) is 12.1 Å². The first-order chi connectivity index (χ1) is 9.06. The second-order valence-electron chi connectivity index (χ2n) is 4.39. The van der Waals surface area contributed by atoms with Crippen molar-refractivity contribution in [2.24, 2.45) is 0 Å². The van der Waals surface area contributed by atoms with E-state index >= 15 is 0 Å². The first-order valence-electron chi connectivity index (χ1n) is 6.27. The van der Waals surface area contributed by atoms with E-state index in [1.807, 2.05) is 26.0 Å². The number of carbonyl (C=O) groups excluding carboxylic acids is 1. The molecule has 1 rings (SSSR count). The summed E-state index contributed by atoms with van der Waals surface area (Å²) in [4.78, 5) is 11.8. The third-order valence-electron chi connectivity index (χ3n) is 2.55. The van der Waals surface area contributed by atoms with Crippen LogP contribution in [0.5, 0.6) is 5.75 Å². The SMILES string of the molecule is C=C(C)COc1ccc(NC(=O)C(CC)OC)cc1. The Hall–Kier alpha value is -1.81. The highest BCUT2D eigenvalue weighted by molar-refractivity contribution is 5.94. The van der Waals surface area contributed by atoms with Crippen molar-refractivity contribution in [1.82, 2.24) is 0 Å². The Kier molecular flexibility index (Phi) is 6.09. The predicted molar refractivity (Wildman–Crippen MR) is 76.5 cm³/mol. The van der Waals surface area contributed by atoms with Gasteiger partial charge >= 0.3 is 0 Å². The van der Waals surface area contributed by atoms with E-state index in [2.05, 4.69) is 11.9 Å². The van der Waals surface area contributed by atoms with E-state index in [0.29, 0.717) is 13.0 Å². The van der Waals surface area contributed by atoms with Crippen LogP contribution in [-0.2, 0) is 9.53 Å². The molecular weight excluding hydrogens is 242 g/mol. The fourth-order valence-corrected chi connectivity index (χ4v) is 1.52. The molecule has 0 bridgehead atoms. The molecular formula is C15H21NO3. The fourth-order valence-electron chi connectivity index (χ4n) is 1.52. The average molecular weight is 263 g/mol. The molecule has 0 aliphatic carbocycles. The maximum atomic E-state index is 11.8. The zero-order valence-electron chi connectivity index (χ0n) is 11.7. The Labute approximate surface area is 114 Å². The van der Waals surface area contributed by atoms with Crippen molar-refractivity contribution in [2.45, 2.75) is 26.4 Å². The van der Waals surface area contributed by atoms with E-state index in [0.717, 1.165) is 17.0 Å². The lowest BCUT2D eigenvalue weighted by molar-refractivity contribution is -0.125. The molecule has 0 aliphatic rings. The Balaban J connectivity index is 2.56. The molecule has 0 saturated heterocycles. The molecule has 0 fully saturated rings. The zero-order chi connectivity index (χ0) is 14.3. The Bertz CT molecular complexity index is 422. The van der Waals surface area contributed by atoms with Crippen molar-refractivity contribution in [3.05, 3.63) is 36.4 Å². The van der Waals surface area contributed by atoms with Gasteiger partial charge in [0, 0.05) is 12.8 Å². The number of anilines is 1. The second-order valence-corrected chi connectivity index (χ2v) is 4.39. The summed E-state index contributed by atoms with van der Waals surface area (Å²) >= 11 is 0. The van der Waals surface area contributed by atoms with Crippen LogP contribution in [-0.4, -0.2) is 25.7 Å². The van der Waals surface area contributed by atoms with Crippen LogP contribution >= 0.6 is 0 Å². The normalized spacial score (nSPS) is 11.7. The standard InChI is InChI=1S/C15H21NO3/c1-5-14(18-4)15(17)16-12-6-8-13(9-7-12)19-10-11(2)3/h6-9,14H,2,5,10H2,1,3-4H3,(H,16,17). The van der Waals surface area contributed by atoms with Crippen LogP contribution in [0.15, 0.2) is 36.4 Å². The summed E-state index contributed by atoms with van der Waals surface area (Å²) in [6.45, 7) is 8.07. The molecule has 1 aromatic rings. The quantitative estimate of drug-likeness (QED) is 0.769. The molecule has 0 radical (unpaired) electrons. The summed E-state index contributed by atoms with van der Waals surface area (Å²) in [5, 5.41) is 2.80. The van der Waals surface area contributed by atoms with E-state index in [-0.39, 0.29) is 5.91 Å². The molecule has 4 nitrogen and oxygen atoms in total. The third-order valence-corrected chi connectivity index (χ3v) is 2.55. The Morgan fingerprint density at radius 1 is 1.37 bits per heavy atom. The molecule has 0 aromatic heterocycles. The highest BCUT2D eigenvalue weighted by Crippen LogP contribution is 2.16. The van der Waals surface area contributed by atoms with Gasteiger partial charge in [-0.05, 0) is 43.2 Å². The molecule has 0 spiro atoms. The van der Waals surface area contributed by atoms with E-state index in [4.69, 9.17) is 9.47 Å². The number of rotatable bonds is 7. The number of amides is 1. The fraction of sp³-hybridized carbons (Fsp3) is 0.400. The van der Waals surface area contributed by atoms with Gasteiger partial charge in [0.05, 0.1) is 0 Å². The molecule has 0 heterocycles. The third kappa shape index (κ3) is 5.14. The first-order valence-corrected chi connectivity index (χ1v) is 6.27. The van der Waals surface area contributed by atoms with Gasteiger partial charge in [-0.1, -0.05) is 13.5 Å². The molecule has 1 atom stereocenters. The molecule has 1 N–H and O–H groups in total. The van der Waals surface area contributed by atoms with Crippen LogP contribution in [0.1, 0.15) is 20.3 Å². The Morgan fingerprint density at radius 3 is 2.47 bits per heavy atom. The van der Waals surface area contributed by atoms with Crippen LogP contribution in [0.3, 0.4) is 0 Å². The maximum Gasteiger partial charge on any atom is 0.253 e. The highest BCUT2D eigenvalue weighted by Gasteiger charge is 2.14. The van der Waals surface area contributed by atoms with E-state index in [9.17, 15) is 4.79 Å². The minimum atomic E-state index is -0.417. The van der Waals surface area contributed by atoms with Crippen molar-refractivity contribution in [1.29, 1.82) is 0 Å². The largest absolute Gasteiger partial charge is 0.489 e. The summed E-state index contributed by atoms with van der Waals surface area (Å²) < 4.78 is 10.6. The van der Waals surface area contributed by atoms with Crippen LogP contribution in [0.25, 0.3) is 0 Å². The number of hydrogen-bond acceptors (Lipinski definition) is 3. The lowest BCUT2D eigenvalue weighted by Crippen LogP contribution is -2.28. The number of methoxy groups -OCH3 is 1. The monoisotopic (exact) mass is 263 g/mol. The summed E-state index contributed by atoms with van der Waals surface area (Å²) in [5.74, 6) is 0.611. The summed E-state index contributed by atoms with van der Waals surface area (Å²) in [7, 11) is 1.53. The van der Waals surface area contributed by atoms with Crippen molar-refractivity contribution in [3.63, 3.8) is 0 Å². The lowest BCUT2D eigenvalue weighted by Gasteiger charge is -2.13. The summed E-state index contributed by atoms with van der Waals surface area (Å²) in [5.41, 5.74) is 1.69. The van der Waals surface area contributed by atoms with Gasteiger partial charge in [0.2, 0.25) is 0 Å². The van der Waals surface area contributed by atoms with Gasteiger partial charge < -0.3 is 14.8 Å². The smallest absolute Gasteiger partial charge is 0.253 e. The van der Waals surface area contributed by atoms with Crippen LogP contribution < -0.4 is 10.1 Å². The summed E-state index contributed by atoms with van der Waals surface area (Å²) in [6, 6.07) is 7.22. The number of benzene rings is 1. The van der Waals surface area contributed by atoms with Crippen molar-refractivity contribution in [2.75, 3.05) is 19.0 Å². The van der Waals surface area contributed by atoms with Crippen LogP contribution in [0.4, 0.5) is 5.69 Å². The van der Waals surface area contributed by atoms with Gasteiger partial charge in [-0.2, -0.15) is 0 Å². The number of hydrogen-bond donors (Lipinski definition) is 1. The van der Waals surface area contributed by atoms with Crippen LogP contribution in [0, 0.1) is 0 Å².